The van der Waals surface area contributed by atoms with Crippen molar-refractivity contribution >= 4 is 27.3 Å². The molecule has 3 aromatic rings. The molecule has 8 heteroatoms. The van der Waals surface area contributed by atoms with Gasteiger partial charge in [0.05, 0.1) is 5.69 Å². The van der Waals surface area contributed by atoms with Crippen LogP contribution >= 0.6 is 0 Å². The Hall–Kier alpha value is -3.36. The fourth-order valence-electron chi connectivity index (χ4n) is 4.59. The van der Waals surface area contributed by atoms with E-state index in [4.69, 9.17) is 0 Å². The highest BCUT2D eigenvalue weighted by atomic mass is 32.2. The highest BCUT2D eigenvalue weighted by Crippen LogP contribution is 2.31. The number of carbonyl (C=O) groups excluding carboxylic acids is 1. The third-order valence-corrected chi connectivity index (χ3v) is 7.99. The molecule has 5 rings (SSSR count). The summed E-state index contributed by atoms with van der Waals surface area (Å²) in [5, 5.41) is 3.22. The van der Waals surface area contributed by atoms with Crippen molar-refractivity contribution in [1.29, 1.82) is 0 Å². The van der Waals surface area contributed by atoms with Crippen LogP contribution in [0.3, 0.4) is 0 Å². The van der Waals surface area contributed by atoms with E-state index in [0.717, 1.165) is 18.7 Å². The van der Waals surface area contributed by atoms with Gasteiger partial charge < -0.3 is 15.1 Å². The quantitative estimate of drug-likeness (QED) is 0.603. The fourth-order valence-corrected chi connectivity index (χ4v) is 5.89. The Morgan fingerprint density at radius 3 is 2.35 bits per heavy atom. The van der Waals surface area contributed by atoms with Gasteiger partial charge in [0, 0.05) is 37.4 Å². The summed E-state index contributed by atoms with van der Waals surface area (Å²) >= 11 is 0. The van der Waals surface area contributed by atoms with Crippen LogP contribution in [0.5, 0.6) is 0 Å². The van der Waals surface area contributed by atoms with E-state index >= 15 is 0 Å². The van der Waals surface area contributed by atoms with Crippen molar-refractivity contribution in [2.24, 2.45) is 0 Å². The highest BCUT2D eigenvalue weighted by molar-refractivity contribution is 7.89. The van der Waals surface area contributed by atoms with Gasteiger partial charge in [-0.05, 0) is 60.9 Å². The zero-order valence-corrected chi connectivity index (χ0v) is 20.1. The number of fused-ring (bicyclic) bond motifs is 1. The number of nitrogens with one attached hydrogen (secondary N) is 2. The maximum Gasteiger partial charge on any atom is 0.253 e. The van der Waals surface area contributed by atoms with Crippen molar-refractivity contribution in [2.45, 2.75) is 24.9 Å². The van der Waals surface area contributed by atoms with E-state index in [-0.39, 0.29) is 10.8 Å². The molecule has 2 aliphatic heterocycles. The van der Waals surface area contributed by atoms with Crippen LogP contribution in [-0.4, -0.2) is 45.4 Å². The third kappa shape index (κ3) is 4.26. The number of piperazine rings is 1. The molecule has 0 unspecified atom stereocenters. The number of anilines is 2. The van der Waals surface area contributed by atoms with Crippen molar-refractivity contribution < 1.29 is 13.2 Å². The number of aryl methyl sites for hydroxylation is 2. The Morgan fingerprint density at radius 2 is 1.62 bits per heavy atom. The lowest BCUT2D eigenvalue weighted by molar-refractivity contribution is 0.0746. The molecule has 0 saturated carbocycles. The second-order valence-electron chi connectivity index (χ2n) is 8.89. The number of amides is 1. The lowest BCUT2D eigenvalue weighted by Gasteiger charge is -2.37. The topological polar surface area (TPSA) is 81.8 Å². The van der Waals surface area contributed by atoms with Gasteiger partial charge >= 0.3 is 0 Å². The average Bonchev–Trinajstić information content (AvgIpc) is 2.85. The number of sulfonamides is 1. The van der Waals surface area contributed by atoms with Gasteiger partial charge in [0.1, 0.15) is 11.1 Å². The zero-order chi connectivity index (χ0) is 23.9. The van der Waals surface area contributed by atoms with Crippen LogP contribution in [-0.2, 0) is 10.0 Å². The van der Waals surface area contributed by atoms with E-state index in [1.807, 2.05) is 4.90 Å². The van der Waals surface area contributed by atoms with Crippen LogP contribution in [0, 0.1) is 13.8 Å². The Kier molecular flexibility index (Phi) is 5.79. The molecule has 0 aliphatic carbocycles. The first-order valence-electron chi connectivity index (χ1n) is 11.4. The van der Waals surface area contributed by atoms with Gasteiger partial charge in [0.15, 0.2) is 0 Å². The Balaban J connectivity index is 1.26. The molecule has 34 heavy (non-hydrogen) atoms. The average molecular weight is 477 g/mol. The summed E-state index contributed by atoms with van der Waals surface area (Å²) in [6.07, 6.45) is -0.592. The standard InChI is InChI=1S/C26H28N4O3S/c1-18-7-8-19(2)23(17-18)29-13-15-30(16-14-29)26(31)21-11-9-20(10-12-21)25-27-22-5-3-4-6-24(22)34(32,33)28-25/h3-12,17,25,27-28H,13-16H2,1-2H3/t25-/m0/s1. The van der Waals surface area contributed by atoms with Crippen LogP contribution in [0.4, 0.5) is 11.4 Å². The fraction of sp³-hybridized carbons (Fsp3) is 0.269. The first kappa shape index (κ1) is 22.4. The van der Waals surface area contributed by atoms with E-state index < -0.39 is 16.2 Å². The molecule has 0 aromatic heterocycles. The largest absolute Gasteiger partial charge is 0.368 e. The summed E-state index contributed by atoms with van der Waals surface area (Å²) in [6.45, 7) is 7.12. The van der Waals surface area contributed by atoms with Gasteiger partial charge in [-0.1, -0.05) is 36.4 Å². The monoisotopic (exact) mass is 476 g/mol. The Morgan fingerprint density at radius 1 is 0.912 bits per heavy atom. The minimum absolute atomic E-state index is 0.00491. The van der Waals surface area contributed by atoms with Crippen molar-refractivity contribution in [1.82, 2.24) is 9.62 Å². The van der Waals surface area contributed by atoms with Crippen LogP contribution in [0.2, 0.25) is 0 Å². The molecule has 0 spiro atoms. The molecular formula is C26H28N4O3S. The predicted molar refractivity (Wildman–Crippen MR) is 134 cm³/mol. The maximum atomic E-state index is 13.1. The normalized spacial score (nSPS) is 19.3. The van der Waals surface area contributed by atoms with Crippen LogP contribution in [0.1, 0.15) is 33.2 Å². The number of carbonyl (C=O) groups is 1. The SMILES string of the molecule is Cc1ccc(C)c(N2CCN(C(=O)c3ccc([C@H]4Nc5ccccc5S(=O)(=O)N4)cc3)CC2)c1. The highest BCUT2D eigenvalue weighted by Gasteiger charge is 2.30. The predicted octanol–water partition coefficient (Wildman–Crippen LogP) is 3.67. The minimum Gasteiger partial charge on any atom is -0.368 e. The molecule has 1 atom stereocenters. The summed E-state index contributed by atoms with van der Waals surface area (Å²) in [6, 6.07) is 20.4. The van der Waals surface area contributed by atoms with E-state index in [1.54, 1.807) is 48.5 Å². The van der Waals surface area contributed by atoms with Gasteiger partial charge in [0.2, 0.25) is 10.0 Å². The Labute approximate surface area is 200 Å². The molecule has 3 aromatic carbocycles. The molecule has 176 valence electrons. The summed E-state index contributed by atoms with van der Waals surface area (Å²) < 4.78 is 27.8. The first-order valence-corrected chi connectivity index (χ1v) is 12.9. The Bertz CT molecular complexity index is 1330. The number of nitrogens with zero attached hydrogens (tertiary/aromatic N) is 2. The molecule has 1 saturated heterocycles. The molecular weight excluding hydrogens is 448 g/mol. The first-order chi connectivity index (χ1) is 16.3. The van der Waals surface area contributed by atoms with E-state index in [9.17, 15) is 13.2 Å². The molecule has 0 radical (unpaired) electrons. The van der Waals surface area contributed by atoms with Gasteiger partial charge in [-0.3, -0.25) is 4.79 Å². The molecule has 2 heterocycles. The number of para-hydroxylation sites is 1. The molecule has 7 nitrogen and oxygen atoms in total. The molecule has 0 bridgehead atoms. The smallest absolute Gasteiger partial charge is 0.253 e. The van der Waals surface area contributed by atoms with Crippen molar-refractivity contribution in [3.05, 3.63) is 89.0 Å². The number of hydrogen-bond acceptors (Lipinski definition) is 5. The van der Waals surface area contributed by atoms with E-state index in [1.165, 1.54) is 16.8 Å². The second kappa shape index (κ2) is 8.77. The van der Waals surface area contributed by atoms with Gasteiger partial charge in [-0.15, -0.1) is 0 Å². The number of rotatable bonds is 3. The minimum atomic E-state index is -3.61. The van der Waals surface area contributed by atoms with Gasteiger partial charge in [0.25, 0.3) is 5.91 Å². The van der Waals surface area contributed by atoms with E-state index in [0.29, 0.717) is 24.3 Å². The third-order valence-electron chi connectivity index (χ3n) is 6.51. The van der Waals surface area contributed by atoms with Crippen LogP contribution in [0.15, 0.2) is 71.6 Å². The van der Waals surface area contributed by atoms with Gasteiger partial charge in [-0.2, -0.15) is 4.72 Å². The van der Waals surface area contributed by atoms with Crippen LogP contribution in [0.25, 0.3) is 0 Å². The second-order valence-corrected chi connectivity index (χ2v) is 10.6. The maximum absolute atomic E-state index is 13.1. The lowest BCUT2D eigenvalue weighted by atomic mass is 10.1. The van der Waals surface area contributed by atoms with Crippen molar-refractivity contribution in [2.75, 3.05) is 36.4 Å². The zero-order valence-electron chi connectivity index (χ0n) is 19.3. The van der Waals surface area contributed by atoms with Crippen LogP contribution < -0.4 is 14.9 Å². The van der Waals surface area contributed by atoms with Crippen molar-refractivity contribution in [3.63, 3.8) is 0 Å². The molecule has 1 fully saturated rings. The molecule has 2 N–H and O–H groups in total. The summed E-state index contributed by atoms with van der Waals surface area (Å²) in [4.78, 5) is 17.6. The number of hydrogen-bond donors (Lipinski definition) is 2. The number of benzene rings is 3. The van der Waals surface area contributed by atoms with E-state index in [2.05, 4.69) is 47.0 Å². The lowest BCUT2D eigenvalue weighted by Crippen LogP contribution is -2.49. The summed E-state index contributed by atoms with van der Waals surface area (Å²) in [5.41, 5.74) is 5.62. The van der Waals surface area contributed by atoms with Gasteiger partial charge in [-0.25, -0.2) is 8.42 Å². The molecule has 2 aliphatic rings. The van der Waals surface area contributed by atoms with Crippen molar-refractivity contribution in [3.8, 4) is 0 Å². The summed E-state index contributed by atoms with van der Waals surface area (Å²) in [7, 11) is -3.61. The summed E-state index contributed by atoms with van der Waals surface area (Å²) in [5.74, 6) is -0.00491. The molecule has 1 amide bonds.